The summed E-state index contributed by atoms with van der Waals surface area (Å²) >= 11 is 12.0. The maximum Gasteiger partial charge on any atom is 0.247 e. The predicted octanol–water partition coefficient (Wildman–Crippen LogP) is 2.55. The number of halogens is 2. The number of likely N-dealkylation sites (tertiary alicyclic amines) is 1. The van der Waals surface area contributed by atoms with E-state index in [1.165, 1.54) is 0 Å². The van der Waals surface area contributed by atoms with Gasteiger partial charge in [0.2, 0.25) is 11.8 Å². The van der Waals surface area contributed by atoms with Crippen molar-refractivity contribution in [2.75, 3.05) is 38.7 Å². The summed E-state index contributed by atoms with van der Waals surface area (Å²) in [7, 11) is 1.61. The molecular formula is C17H23Cl2N3O3. The lowest BCUT2D eigenvalue weighted by molar-refractivity contribution is -0.139. The molecule has 8 heteroatoms. The molecule has 6 nitrogen and oxygen atoms in total. The molecule has 1 unspecified atom stereocenters. The highest BCUT2D eigenvalue weighted by Crippen LogP contribution is 2.26. The minimum absolute atomic E-state index is 0.0850. The van der Waals surface area contributed by atoms with Gasteiger partial charge in [-0.2, -0.15) is 0 Å². The molecule has 1 saturated heterocycles. The summed E-state index contributed by atoms with van der Waals surface area (Å²) in [5.74, 6) is -0.313. The topological polar surface area (TPSA) is 70.7 Å². The Morgan fingerprint density at radius 1 is 1.32 bits per heavy atom. The number of nitrogens with one attached hydrogen (secondary N) is 2. The van der Waals surface area contributed by atoms with Crippen molar-refractivity contribution in [3.63, 3.8) is 0 Å². The van der Waals surface area contributed by atoms with Crippen LogP contribution in [-0.4, -0.2) is 56.1 Å². The molecule has 0 aliphatic carbocycles. The third-order valence-corrected chi connectivity index (χ3v) is 4.62. The van der Waals surface area contributed by atoms with Gasteiger partial charge in [-0.25, -0.2) is 0 Å². The fraction of sp³-hybridized carbons (Fsp3) is 0.529. The number of carbonyl (C=O) groups excluding carboxylic acids is 2. The first-order chi connectivity index (χ1) is 12.0. The number of piperidine rings is 1. The molecule has 0 saturated carbocycles. The number of hydrogen-bond donors (Lipinski definition) is 2. The smallest absolute Gasteiger partial charge is 0.247 e. The summed E-state index contributed by atoms with van der Waals surface area (Å²) in [6, 6.07) is 4.40. The van der Waals surface area contributed by atoms with Crippen LogP contribution in [0.1, 0.15) is 19.3 Å². The van der Waals surface area contributed by atoms with Crippen molar-refractivity contribution in [3.05, 3.63) is 28.2 Å². The number of hydrogen-bond acceptors (Lipinski definition) is 4. The highest BCUT2D eigenvalue weighted by atomic mass is 35.5. The fourth-order valence-corrected chi connectivity index (χ4v) is 3.24. The van der Waals surface area contributed by atoms with E-state index in [0.29, 0.717) is 41.8 Å². The van der Waals surface area contributed by atoms with Crippen LogP contribution in [0.5, 0.6) is 0 Å². The Bertz CT molecular complexity index is 613. The Kier molecular flexibility index (Phi) is 7.96. The Morgan fingerprint density at radius 3 is 2.84 bits per heavy atom. The van der Waals surface area contributed by atoms with Crippen LogP contribution in [0.25, 0.3) is 0 Å². The van der Waals surface area contributed by atoms with E-state index < -0.39 is 6.04 Å². The molecule has 1 atom stereocenters. The minimum atomic E-state index is -0.489. The molecule has 1 aromatic rings. The van der Waals surface area contributed by atoms with E-state index in [-0.39, 0.29) is 18.4 Å². The summed E-state index contributed by atoms with van der Waals surface area (Å²) in [6.07, 6.45) is 2.45. The number of anilines is 1. The van der Waals surface area contributed by atoms with Gasteiger partial charge in [0.05, 0.1) is 23.9 Å². The molecular weight excluding hydrogens is 365 g/mol. The van der Waals surface area contributed by atoms with Crippen molar-refractivity contribution in [1.82, 2.24) is 10.2 Å². The van der Waals surface area contributed by atoms with E-state index in [0.717, 1.165) is 12.8 Å². The lowest BCUT2D eigenvalue weighted by Gasteiger charge is -2.35. The number of ether oxygens (including phenoxy) is 1. The number of carbonyl (C=O) groups is 2. The zero-order chi connectivity index (χ0) is 18.2. The fourth-order valence-electron chi connectivity index (χ4n) is 2.78. The molecule has 25 heavy (non-hydrogen) atoms. The van der Waals surface area contributed by atoms with Crippen molar-refractivity contribution < 1.29 is 14.3 Å². The highest BCUT2D eigenvalue weighted by Gasteiger charge is 2.32. The van der Waals surface area contributed by atoms with Gasteiger partial charge in [-0.1, -0.05) is 23.2 Å². The zero-order valence-electron chi connectivity index (χ0n) is 14.2. The zero-order valence-corrected chi connectivity index (χ0v) is 15.7. The van der Waals surface area contributed by atoms with Crippen LogP contribution in [-0.2, 0) is 14.3 Å². The number of rotatable bonds is 7. The molecule has 2 amide bonds. The molecule has 0 spiro atoms. The summed E-state index contributed by atoms with van der Waals surface area (Å²) in [5, 5.41) is 6.70. The van der Waals surface area contributed by atoms with Crippen LogP contribution < -0.4 is 10.6 Å². The summed E-state index contributed by atoms with van der Waals surface area (Å²) in [4.78, 5) is 26.7. The van der Waals surface area contributed by atoms with Gasteiger partial charge in [0.15, 0.2) is 0 Å². The van der Waals surface area contributed by atoms with Crippen LogP contribution in [0.2, 0.25) is 10.0 Å². The van der Waals surface area contributed by atoms with Gasteiger partial charge in [-0.05, 0) is 37.5 Å². The second kappa shape index (κ2) is 9.97. The van der Waals surface area contributed by atoms with Gasteiger partial charge in [-0.15, -0.1) is 0 Å². The first-order valence-electron chi connectivity index (χ1n) is 8.28. The molecule has 2 N–H and O–H groups in total. The predicted molar refractivity (Wildman–Crippen MR) is 99.2 cm³/mol. The Hall–Kier alpha value is -1.34. The lowest BCUT2D eigenvalue weighted by atomic mass is 10.0. The van der Waals surface area contributed by atoms with E-state index in [1.54, 1.807) is 30.2 Å². The van der Waals surface area contributed by atoms with Gasteiger partial charge >= 0.3 is 0 Å². The van der Waals surface area contributed by atoms with Gasteiger partial charge in [0, 0.05) is 25.2 Å². The summed E-state index contributed by atoms with van der Waals surface area (Å²) in [5.41, 5.74) is 0.493. The standard InChI is InChI=1S/C17H23Cl2N3O3/c1-25-9-7-20-11-16(23)22-8-3-2-4-15(22)17(24)21-14-6-5-12(18)10-13(14)19/h5-6,10,15,20H,2-4,7-9,11H2,1H3,(H,21,24). The van der Waals surface area contributed by atoms with Crippen molar-refractivity contribution in [3.8, 4) is 0 Å². The van der Waals surface area contributed by atoms with Crippen molar-refractivity contribution >= 4 is 40.7 Å². The monoisotopic (exact) mass is 387 g/mol. The van der Waals surface area contributed by atoms with Crippen LogP contribution >= 0.6 is 23.2 Å². The third kappa shape index (κ3) is 5.85. The molecule has 0 bridgehead atoms. The number of amides is 2. The van der Waals surface area contributed by atoms with E-state index >= 15 is 0 Å². The van der Waals surface area contributed by atoms with Gasteiger partial charge in [-0.3, -0.25) is 9.59 Å². The minimum Gasteiger partial charge on any atom is -0.383 e. The number of benzene rings is 1. The van der Waals surface area contributed by atoms with Crippen molar-refractivity contribution in [2.24, 2.45) is 0 Å². The summed E-state index contributed by atoms with van der Waals surface area (Å²) in [6.45, 7) is 1.89. The van der Waals surface area contributed by atoms with E-state index in [9.17, 15) is 9.59 Å². The van der Waals surface area contributed by atoms with Gasteiger partial charge in [0.25, 0.3) is 0 Å². The SMILES string of the molecule is COCCNCC(=O)N1CCCCC1C(=O)Nc1ccc(Cl)cc1Cl. The van der Waals surface area contributed by atoms with Gasteiger partial charge in [0.1, 0.15) is 6.04 Å². The Balaban J connectivity index is 1.98. The first kappa shape index (κ1) is 20.0. The van der Waals surface area contributed by atoms with Crippen LogP contribution in [0.4, 0.5) is 5.69 Å². The number of methoxy groups -OCH3 is 1. The molecule has 138 valence electrons. The number of nitrogens with zero attached hydrogens (tertiary/aromatic N) is 1. The largest absolute Gasteiger partial charge is 0.383 e. The molecule has 1 aliphatic rings. The maximum atomic E-state index is 12.7. The molecule has 0 radical (unpaired) electrons. The van der Waals surface area contributed by atoms with E-state index in [1.807, 2.05) is 0 Å². The second-order valence-corrected chi connectivity index (χ2v) is 6.73. The Labute approximate surface area is 157 Å². The van der Waals surface area contributed by atoms with Crippen LogP contribution in [0, 0.1) is 0 Å². The molecule has 1 aromatic carbocycles. The van der Waals surface area contributed by atoms with E-state index in [4.69, 9.17) is 27.9 Å². The van der Waals surface area contributed by atoms with Crippen LogP contribution in [0.15, 0.2) is 18.2 Å². The highest BCUT2D eigenvalue weighted by molar-refractivity contribution is 6.36. The molecule has 1 aliphatic heterocycles. The second-order valence-electron chi connectivity index (χ2n) is 5.88. The third-order valence-electron chi connectivity index (χ3n) is 4.07. The summed E-state index contributed by atoms with van der Waals surface area (Å²) < 4.78 is 4.94. The van der Waals surface area contributed by atoms with Crippen molar-refractivity contribution in [1.29, 1.82) is 0 Å². The maximum absolute atomic E-state index is 12.7. The quantitative estimate of drug-likeness (QED) is 0.705. The normalized spacial score (nSPS) is 17.4. The molecule has 0 aromatic heterocycles. The first-order valence-corrected chi connectivity index (χ1v) is 9.03. The Morgan fingerprint density at radius 2 is 2.12 bits per heavy atom. The molecule has 2 rings (SSSR count). The van der Waals surface area contributed by atoms with Crippen LogP contribution in [0.3, 0.4) is 0 Å². The van der Waals surface area contributed by atoms with Gasteiger partial charge < -0.3 is 20.3 Å². The average molecular weight is 388 g/mol. The van der Waals surface area contributed by atoms with Crippen molar-refractivity contribution in [2.45, 2.75) is 25.3 Å². The van der Waals surface area contributed by atoms with E-state index in [2.05, 4.69) is 10.6 Å². The molecule has 1 heterocycles. The molecule has 1 fully saturated rings. The average Bonchev–Trinajstić information content (AvgIpc) is 2.61. The lowest BCUT2D eigenvalue weighted by Crippen LogP contribution is -2.52.